The van der Waals surface area contributed by atoms with Crippen LogP contribution in [0.25, 0.3) is 0 Å². The quantitative estimate of drug-likeness (QED) is 0.205. The van der Waals surface area contributed by atoms with E-state index in [0.29, 0.717) is 34.3 Å². The maximum atomic E-state index is 11.7. The highest BCUT2D eigenvalue weighted by Gasteiger charge is 2.33. The third-order valence-corrected chi connectivity index (χ3v) is 10.0. The Morgan fingerprint density at radius 3 is 1.40 bits per heavy atom. The van der Waals surface area contributed by atoms with Gasteiger partial charge in [0.05, 0.1) is 0 Å². The molecule has 0 saturated heterocycles. The van der Waals surface area contributed by atoms with Crippen LogP contribution in [0.1, 0.15) is 44.1 Å². The first kappa shape index (κ1) is 34.7. The largest absolute Gasteiger partial charge is 0.480 e. The molecule has 0 spiro atoms. The summed E-state index contributed by atoms with van der Waals surface area (Å²) in [4.78, 5) is 30.1. The van der Waals surface area contributed by atoms with Crippen LogP contribution in [-0.4, -0.2) is 45.0 Å². The van der Waals surface area contributed by atoms with Gasteiger partial charge in [-0.1, -0.05) is 59.6 Å². The topological polar surface area (TPSA) is 81.1 Å². The van der Waals surface area contributed by atoms with E-state index in [9.17, 15) is 19.8 Å². The number of hydrogen-bond donors (Lipinski definition) is 2. The number of carboxylic acid groups (broad SMARTS) is 2. The van der Waals surface area contributed by atoms with Gasteiger partial charge < -0.3 is 10.2 Å². The molecule has 0 aliphatic carbocycles. The monoisotopic (exact) mass is 774 g/mol. The summed E-state index contributed by atoms with van der Waals surface area (Å²) in [5.41, 5.74) is 3.81. The zero-order valence-corrected chi connectivity index (χ0v) is 28.9. The summed E-state index contributed by atoms with van der Waals surface area (Å²) < 4.78 is 0. The fourth-order valence-electron chi connectivity index (χ4n) is 5.35. The molecule has 2 aliphatic heterocycles. The van der Waals surface area contributed by atoms with Crippen LogP contribution >= 0.6 is 79.8 Å². The highest BCUT2D eigenvalue weighted by atomic mass is 79.9. The molecule has 4 heterocycles. The van der Waals surface area contributed by atoms with Crippen molar-refractivity contribution in [3.63, 3.8) is 0 Å². The van der Waals surface area contributed by atoms with Crippen molar-refractivity contribution in [1.82, 2.24) is 9.80 Å². The van der Waals surface area contributed by atoms with Gasteiger partial charge in [-0.05, 0) is 70.1 Å². The van der Waals surface area contributed by atoms with Gasteiger partial charge in [-0.2, -0.15) is 0 Å². The number of benzene rings is 2. The van der Waals surface area contributed by atoms with Gasteiger partial charge in [-0.15, -0.1) is 56.6 Å². The Morgan fingerprint density at radius 1 is 0.667 bits per heavy atom. The van der Waals surface area contributed by atoms with Crippen LogP contribution in [0.15, 0.2) is 71.4 Å². The Bertz CT molecular complexity index is 1400. The molecular weight excluding hydrogens is 747 g/mol. The summed E-state index contributed by atoms with van der Waals surface area (Å²) in [5, 5.41) is 24.4. The second-order valence-corrected chi connectivity index (χ2v) is 12.5. The highest BCUT2D eigenvalue weighted by Crippen LogP contribution is 2.34. The molecule has 0 fully saturated rings. The van der Waals surface area contributed by atoms with Crippen molar-refractivity contribution in [2.24, 2.45) is 0 Å². The average molecular weight is 777 g/mol. The Balaban J connectivity index is 0.000000220. The second kappa shape index (κ2) is 15.8. The lowest BCUT2D eigenvalue weighted by Gasteiger charge is -2.32. The molecule has 0 saturated carbocycles. The molecule has 0 unspecified atom stereocenters. The number of carboxylic acids is 2. The summed E-state index contributed by atoms with van der Waals surface area (Å²) in [6.45, 7) is 2.83. The van der Waals surface area contributed by atoms with E-state index >= 15 is 0 Å². The minimum absolute atomic E-state index is 0. The molecule has 2 N–H and O–H groups in total. The van der Waals surface area contributed by atoms with E-state index in [0.717, 1.165) is 25.9 Å². The van der Waals surface area contributed by atoms with E-state index in [1.807, 2.05) is 34.1 Å². The van der Waals surface area contributed by atoms with Crippen LogP contribution in [0.2, 0.25) is 10.0 Å². The van der Waals surface area contributed by atoms with Gasteiger partial charge >= 0.3 is 11.9 Å². The summed E-state index contributed by atoms with van der Waals surface area (Å²) in [6, 6.07) is 17.2. The minimum Gasteiger partial charge on any atom is -0.480 e. The van der Waals surface area contributed by atoms with Gasteiger partial charge in [0, 0.05) is 46.0 Å². The molecule has 6 nitrogen and oxygen atoms in total. The van der Waals surface area contributed by atoms with E-state index in [2.05, 4.69) is 22.9 Å². The minimum atomic E-state index is -0.850. The van der Waals surface area contributed by atoms with Crippen LogP contribution in [-0.2, 0) is 35.5 Å². The number of thiophene rings is 2. The third kappa shape index (κ3) is 7.84. The van der Waals surface area contributed by atoms with E-state index in [4.69, 9.17) is 23.2 Å². The lowest BCUT2D eigenvalue weighted by molar-refractivity contribution is -0.145. The predicted octanol–water partition coefficient (Wildman–Crippen LogP) is 8.33. The van der Waals surface area contributed by atoms with Crippen molar-refractivity contribution in [2.75, 3.05) is 13.1 Å². The van der Waals surface area contributed by atoms with Crippen molar-refractivity contribution < 1.29 is 19.8 Å². The van der Waals surface area contributed by atoms with Gasteiger partial charge in [-0.3, -0.25) is 19.4 Å². The number of nitrogens with zero attached hydrogens (tertiary/aromatic N) is 2. The van der Waals surface area contributed by atoms with Crippen LogP contribution in [0.4, 0.5) is 0 Å². The first-order chi connectivity index (χ1) is 19.3. The molecule has 2 aromatic carbocycles. The van der Waals surface area contributed by atoms with Crippen molar-refractivity contribution in [3.05, 3.63) is 113 Å². The Kier molecular flexibility index (Phi) is 13.1. The van der Waals surface area contributed by atoms with Crippen molar-refractivity contribution in [2.45, 2.75) is 38.0 Å². The van der Waals surface area contributed by atoms with E-state index in [1.54, 1.807) is 46.9 Å². The summed E-state index contributed by atoms with van der Waals surface area (Å²) in [6.07, 6.45) is 1.81. The van der Waals surface area contributed by atoms with Gasteiger partial charge in [0.15, 0.2) is 0 Å². The number of rotatable bonds is 6. The van der Waals surface area contributed by atoms with Gasteiger partial charge in [0.1, 0.15) is 12.1 Å². The number of halogens is 4. The first-order valence-electron chi connectivity index (χ1n) is 12.9. The predicted molar refractivity (Wildman–Crippen MR) is 181 cm³/mol. The lowest BCUT2D eigenvalue weighted by atomic mass is 10.0. The van der Waals surface area contributed by atoms with Crippen molar-refractivity contribution >= 4 is 91.8 Å². The fourth-order valence-corrected chi connectivity index (χ4v) is 7.60. The molecule has 0 bridgehead atoms. The van der Waals surface area contributed by atoms with Crippen LogP contribution < -0.4 is 0 Å². The van der Waals surface area contributed by atoms with Crippen LogP contribution in [0, 0.1) is 0 Å². The molecule has 4 aromatic rings. The van der Waals surface area contributed by atoms with E-state index < -0.39 is 24.0 Å². The maximum Gasteiger partial charge on any atom is 0.325 e. The molecule has 2 aromatic heterocycles. The highest BCUT2D eigenvalue weighted by molar-refractivity contribution is 8.93. The summed E-state index contributed by atoms with van der Waals surface area (Å²) in [7, 11) is 0. The van der Waals surface area contributed by atoms with Crippen molar-refractivity contribution in [3.8, 4) is 0 Å². The molecule has 6 rings (SSSR count). The SMILES string of the molecule is Br.Br.O=C(O)[C@H](c1ccccc1Cl)N1CCc2sccc2C1.O=C(O)[C@H](c1ccccc1Cl)N1CCc2sccc2C1. The molecule has 12 heteroatoms. The molecule has 224 valence electrons. The summed E-state index contributed by atoms with van der Waals surface area (Å²) in [5.74, 6) is -1.70. The molecule has 2 atom stereocenters. The maximum absolute atomic E-state index is 11.7. The summed E-state index contributed by atoms with van der Waals surface area (Å²) >= 11 is 15.8. The number of hydrogen-bond acceptors (Lipinski definition) is 6. The molecule has 0 radical (unpaired) electrons. The number of fused-ring (bicyclic) bond motifs is 2. The smallest absolute Gasteiger partial charge is 0.325 e. The average Bonchev–Trinajstić information content (AvgIpc) is 3.60. The molecule has 2 aliphatic rings. The molecule has 42 heavy (non-hydrogen) atoms. The standard InChI is InChI=1S/2C15H14ClNO2S.2BrH/c2*16-12-4-2-1-3-11(12)14(15(18)19)17-7-5-13-10(9-17)6-8-20-13;;/h2*1-4,6,8,14H,5,7,9H2,(H,18,19);2*1H/t2*14-;;/m00../s1. The number of carbonyl (C=O) groups is 2. The molecular formula is C30H30Br2Cl2N2O4S2. The second-order valence-electron chi connectivity index (χ2n) is 9.70. The zero-order valence-electron chi connectivity index (χ0n) is 22.3. The van der Waals surface area contributed by atoms with Crippen molar-refractivity contribution in [1.29, 1.82) is 0 Å². The fraction of sp³-hybridized carbons (Fsp3) is 0.267. The van der Waals surface area contributed by atoms with Gasteiger partial charge in [0.2, 0.25) is 0 Å². The first-order valence-corrected chi connectivity index (χ1v) is 15.4. The third-order valence-electron chi connectivity index (χ3n) is 7.27. The Morgan fingerprint density at radius 2 is 1.05 bits per heavy atom. The zero-order chi connectivity index (χ0) is 28.2. The van der Waals surface area contributed by atoms with Crippen LogP contribution in [0.5, 0.6) is 0 Å². The van der Waals surface area contributed by atoms with E-state index in [-0.39, 0.29) is 34.0 Å². The van der Waals surface area contributed by atoms with Gasteiger partial charge in [0.25, 0.3) is 0 Å². The van der Waals surface area contributed by atoms with Crippen LogP contribution in [0.3, 0.4) is 0 Å². The lowest BCUT2D eigenvalue weighted by Crippen LogP contribution is -2.37. The molecule has 0 amide bonds. The Hall–Kier alpha value is -1.76. The normalized spacial score (nSPS) is 15.9. The van der Waals surface area contributed by atoms with E-state index in [1.165, 1.54) is 20.9 Å². The van der Waals surface area contributed by atoms with Gasteiger partial charge in [-0.25, -0.2) is 0 Å². The Labute approximate surface area is 284 Å². The number of aliphatic carboxylic acids is 2.